The Labute approximate surface area is 81.2 Å². The van der Waals surface area contributed by atoms with Crippen LogP contribution in [-0.2, 0) is 0 Å². The number of benzene rings is 2. The summed E-state index contributed by atoms with van der Waals surface area (Å²) in [6.45, 7) is 0. The van der Waals surface area contributed by atoms with Crippen LogP contribution in [0.25, 0.3) is 10.8 Å². The fourth-order valence-corrected chi connectivity index (χ4v) is 1.50. The van der Waals surface area contributed by atoms with E-state index in [1.165, 1.54) is 0 Å². The minimum absolute atomic E-state index is 0.626. The maximum Gasteiger partial charge on any atom is 0.150 e. The smallest absolute Gasteiger partial charge is 0.150 e. The van der Waals surface area contributed by atoms with Gasteiger partial charge in [-0.2, -0.15) is 0 Å². The molecule has 0 amide bonds. The summed E-state index contributed by atoms with van der Waals surface area (Å²) in [6, 6.07) is 10.7. The van der Waals surface area contributed by atoms with Gasteiger partial charge >= 0.3 is 0 Å². The molecule has 0 N–H and O–H groups in total. The van der Waals surface area contributed by atoms with Crippen molar-refractivity contribution in [2.45, 2.75) is 0 Å². The monoisotopic (exact) mass is 184 g/mol. The van der Waals surface area contributed by atoms with Crippen LogP contribution < -0.4 is 0 Å². The van der Waals surface area contributed by atoms with Gasteiger partial charge in [-0.05, 0) is 16.8 Å². The molecule has 0 aliphatic rings. The Bertz CT molecular complexity index is 501. The summed E-state index contributed by atoms with van der Waals surface area (Å²) in [5.41, 5.74) is 1.28. The third-order valence-corrected chi connectivity index (χ3v) is 2.20. The number of rotatable bonds is 2. The van der Waals surface area contributed by atoms with Crippen molar-refractivity contribution >= 4 is 23.3 Å². The van der Waals surface area contributed by atoms with E-state index in [2.05, 4.69) is 0 Å². The predicted octanol–water partition coefficient (Wildman–Crippen LogP) is 2.46. The summed E-state index contributed by atoms with van der Waals surface area (Å²) in [5.74, 6) is 0. The van der Waals surface area contributed by atoms with Crippen LogP contribution in [0.5, 0.6) is 0 Å². The molecule has 2 aromatic carbocycles. The quantitative estimate of drug-likeness (QED) is 0.672. The number of aldehydes is 2. The highest BCUT2D eigenvalue weighted by Gasteiger charge is 1.99. The van der Waals surface area contributed by atoms with Crippen LogP contribution in [-0.4, -0.2) is 12.6 Å². The first-order valence-corrected chi connectivity index (χ1v) is 4.28. The average molecular weight is 184 g/mol. The minimum atomic E-state index is 0.626. The predicted molar refractivity (Wildman–Crippen MR) is 54.7 cm³/mol. The standard InChI is InChI=1S/C12H8O2/c13-7-9-4-5-12-10(6-9)2-1-3-11(12)8-14/h1-8H. The highest BCUT2D eigenvalue weighted by molar-refractivity contribution is 5.99. The van der Waals surface area contributed by atoms with E-state index in [0.717, 1.165) is 23.3 Å². The lowest BCUT2D eigenvalue weighted by Crippen LogP contribution is -1.85. The fraction of sp³-hybridized carbons (Fsp3) is 0. The van der Waals surface area contributed by atoms with Gasteiger partial charge in [0.2, 0.25) is 0 Å². The second-order valence-corrected chi connectivity index (χ2v) is 3.06. The van der Waals surface area contributed by atoms with Gasteiger partial charge in [-0.1, -0.05) is 30.3 Å². The zero-order chi connectivity index (χ0) is 9.97. The van der Waals surface area contributed by atoms with E-state index >= 15 is 0 Å². The molecule has 2 rings (SSSR count). The van der Waals surface area contributed by atoms with Crippen molar-refractivity contribution in [1.29, 1.82) is 0 Å². The number of carbonyl (C=O) groups excluding carboxylic acids is 2. The Balaban J connectivity index is 2.79. The lowest BCUT2D eigenvalue weighted by Gasteiger charge is -2.00. The fourth-order valence-electron chi connectivity index (χ4n) is 1.50. The second-order valence-electron chi connectivity index (χ2n) is 3.06. The summed E-state index contributed by atoms with van der Waals surface area (Å²) in [7, 11) is 0. The van der Waals surface area contributed by atoms with Gasteiger partial charge in [-0.25, -0.2) is 0 Å². The van der Waals surface area contributed by atoms with E-state index in [1.807, 2.05) is 6.07 Å². The molecule has 68 valence electrons. The van der Waals surface area contributed by atoms with E-state index in [1.54, 1.807) is 30.3 Å². The highest BCUT2D eigenvalue weighted by Crippen LogP contribution is 2.18. The molecule has 0 saturated heterocycles. The van der Waals surface area contributed by atoms with Crippen molar-refractivity contribution in [2.24, 2.45) is 0 Å². The molecule has 0 fully saturated rings. The van der Waals surface area contributed by atoms with E-state index in [4.69, 9.17) is 0 Å². The summed E-state index contributed by atoms with van der Waals surface area (Å²) in [6.07, 6.45) is 1.62. The number of carbonyl (C=O) groups is 2. The van der Waals surface area contributed by atoms with Gasteiger partial charge in [0.05, 0.1) is 0 Å². The minimum Gasteiger partial charge on any atom is -0.298 e. The van der Waals surface area contributed by atoms with Crippen LogP contribution >= 0.6 is 0 Å². The lowest BCUT2D eigenvalue weighted by molar-refractivity contribution is 0.111. The molecule has 0 aliphatic carbocycles. The summed E-state index contributed by atoms with van der Waals surface area (Å²) in [4.78, 5) is 21.2. The topological polar surface area (TPSA) is 34.1 Å². The normalized spacial score (nSPS) is 10.0. The Kier molecular flexibility index (Phi) is 2.11. The molecule has 0 spiro atoms. The van der Waals surface area contributed by atoms with Gasteiger partial charge < -0.3 is 0 Å². The number of fused-ring (bicyclic) bond motifs is 1. The molecule has 0 bridgehead atoms. The van der Waals surface area contributed by atoms with Crippen molar-refractivity contribution in [3.63, 3.8) is 0 Å². The van der Waals surface area contributed by atoms with E-state index in [9.17, 15) is 9.59 Å². The van der Waals surface area contributed by atoms with Gasteiger partial charge in [-0.3, -0.25) is 9.59 Å². The van der Waals surface area contributed by atoms with E-state index in [-0.39, 0.29) is 0 Å². The molecule has 2 nitrogen and oxygen atoms in total. The largest absolute Gasteiger partial charge is 0.298 e. The summed E-state index contributed by atoms with van der Waals surface area (Å²) in [5, 5.41) is 1.80. The first kappa shape index (κ1) is 8.63. The molecule has 0 atom stereocenters. The Morgan fingerprint density at radius 2 is 1.79 bits per heavy atom. The average Bonchev–Trinajstić information content (AvgIpc) is 2.27. The SMILES string of the molecule is O=Cc1ccc2c(C=O)cccc2c1. The van der Waals surface area contributed by atoms with Crippen molar-refractivity contribution < 1.29 is 9.59 Å². The third kappa shape index (κ3) is 1.31. The van der Waals surface area contributed by atoms with Crippen molar-refractivity contribution in [3.05, 3.63) is 47.5 Å². The van der Waals surface area contributed by atoms with Crippen molar-refractivity contribution in [2.75, 3.05) is 0 Å². The Hall–Kier alpha value is -1.96. The molecule has 0 heterocycles. The van der Waals surface area contributed by atoms with Crippen LogP contribution in [0, 0.1) is 0 Å². The number of hydrogen-bond acceptors (Lipinski definition) is 2. The second kappa shape index (κ2) is 3.42. The van der Waals surface area contributed by atoms with Crippen LogP contribution in [0.15, 0.2) is 36.4 Å². The lowest BCUT2D eigenvalue weighted by atomic mass is 10.0. The zero-order valence-electron chi connectivity index (χ0n) is 7.44. The van der Waals surface area contributed by atoms with Gasteiger partial charge in [0.25, 0.3) is 0 Å². The van der Waals surface area contributed by atoms with Gasteiger partial charge in [-0.15, -0.1) is 0 Å². The van der Waals surface area contributed by atoms with Gasteiger partial charge in [0, 0.05) is 11.1 Å². The molecule has 0 radical (unpaired) electrons. The molecule has 2 heteroatoms. The summed E-state index contributed by atoms with van der Waals surface area (Å²) < 4.78 is 0. The zero-order valence-corrected chi connectivity index (χ0v) is 7.44. The van der Waals surface area contributed by atoms with Crippen molar-refractivity contribution in [1.82, 2.24) is 0 Å². The Morgan fingerprint density at radius 3 is 2.50 bits per heavy atom. The molecule has 0 aromatic heterocycles. The number of hydrogen-bond donors (Lipinski definition) is 0. The molecular formula is C12H8O2. The van der Waals surface area contributed by atoms with Gasteiger partial charge in [0.1, 0.15) is 6.29 Å². The van der Waals surface area contributed by atoms with Crippen LogP contribution in [0.4, 0.5) is 0 Å². The maximum atomic E-state index is 10.7. The van der Waals surface area contributed by atoms with Crippen molar-refractivity contribution in [3.8, 4) is 0 Å². The summed E-state index contributed by atoms with van der Waals surface area (Å²) >= 11 is 0. The van der Waals surface area contributed by atoms with E-state index < -0.39 is 0 Å². The first-order valence-electron chi connectivity index (χ1n) is 4.28. The molecule has 2 aromatic rings. The maximum absolute atomic E-state index is 10.7. The third-order valence-electron chi connectivity index (χ3n) is 2.20. The molecule has 14 heavy (non-hydrogen) atoms. The molecule has 0 unspecified atom stereocenters. The molecule has 0 aliphatic heterocycles. The molecule has 0 saturated carbocycles. The van der Waals surface area contributed by atoms with Gasteiger partial charge in [0.15, 0.2) is 6.29 Å². The van der Waals surface area contributed by atoms with Crippen LogP contribution in [0.1, 0.15) is 20.7 Å². The molecular weight excluding hydrogens is 176 g/mol. The Morgan fingerprint density at radius 1 is 0.929 bits per heavy atom. The highest BCUT2D eigenvalue weighted by atomic mass is 16.1. The first-order chi connectivity index (χ1) is 6.85. The van der Waals surface area contributed by atoms with Crippen LogP contribution in [0.3, 0.4) is 0 Å². The van der Waals surface area contributed by atoms with Crippen LogP contribution in [0.2, 0.25) is 0 Å². The van der Waals surface area contributed by atoms with E-state index in [0.29, 0.717) is 11.1 Å².